The fourth-order valence-corrected chi connectivity index (χ4v) is 7.19. The first kappa shape index (κ1) is 41.5. The van der Waals surface area contributed by atoms with Crippen molar-refractivity contribution in [3.8, 4) is 11.6 Å². The zero-order chi connectivity index (χ0) is 43.6. The van der Waals surface area contributed by atoms with Gasteiger partial charge in [-0.15, -0.1) is 0 Å². The second kappa shape index (κ2) is 15.5. The lowest BCUT2D eigenvalue weighted by Crippen LogP contribution is -2.53. The molecule has 24 heteroatoms. The molecule has 5 heterocycles. The molecule has 1 fully saturated rings. The molecule has 312 valence electrons. The standard InChI is InChI=1S/C36H24Cl2F6N8O8/c37-23-25(17(39)1-13-26(23)51(8-15(29(13)54)35(56)57)33-21(43)3-19(41)31(45)48-33)47-5-11(53)10-60-12-6-50(7-12)28-18(40)2-14-27(24(28)38)52(9-16(30(14)55)36(58)59)34-22(44)4-20(42)32(46)49-34/h1-4,8-9,11-12,47,53H,5-7,10H2,(H2,45,48)(H2,46,49)(H,56,57)(H,58,59)/t11-/m0/s1. The van der Waals surface area contributed by atoms with Crippen LogP contribution >= 0.6 is 23.2 Å². The smallest absolute Gasteiger partial charge is 0.341 e. The van der Waals surface area contributed by atoms with Crippen molar-refractivity contribution in [3.63, 3.8) is 0 Å². The van der Waals surface area contributed by atoms with Crippen LogP contribution in [0.4, 0.5) is 49.4 Å². The molecule has 8 N–H and O–H groups in total. The Morgan fingerprint density at radius 1 is 0.767 bits per heavy atom. The lowest BCUT2D eigenvalue weighted by atomic mass is 10.1. The minimum absolute atomic E-state index is 0.0741. The maximum atomic E-state index is 15.6. The van der Waals surface area contributed by atoms with Gasteiger partial charge in [0.15, 0.2) is 46.5 Å². The zero-order valence-corrected chi connectivity index (χ0v) is 31.3. The minimum Gasteiger partial charge on any atom is -0.477 e. The number of aromatic carboxylic acids is 2. The molecule has 0 amide bonds. The molecule has 0 saturated carbocycles. The van der Waals surface area contributed by atoms with Crippen molar-refractivity contribution in [2.24, 2.45) is 0 Å². The normalized spacial score (nSPS) is 13.5. The number of hydrogen-bond acceptors (Lipinski definition) is 12. The van der Waals surface area contributed by atoms with Crippen LogP contribution < -0.4 is 32.5 Å². The molecule has 0 unspecified atom stereocenters. The maximum absolute atomic E-state index is 15.6. The predicted molar refractivity (Wildman–Crippen MR) is 204 cm³/mol. The van der Waals surface area contributed by atoms with E-state index in [1.54, 1.807) is 0 Å². The molecular formula is C36H24Cl2F6N8O8. The average molecular weight is 882 g/mol. The van der Waals surface area contributed by atoms with E-state index < -0.39 is 149 Å². The maximum Gasteiger partial charge on any atom is 0.341 e. The molecule has 7 rings (SSSR count). The number of anilines is 4. The summed E-state index contributed by atoms with van der Waals surface area (Å²) in [7, 11) is 0. The van der Waals surface area contributed by atoms with E-state index in [0.717, 1.165) is 4.57 Å². The number of ether oxygens (including phenoxy) is 1. The van der Waals surface area contributed by atoms with Crippen LogP contribution in [-0.4, -0.2) is 84.8 Å². The van der Waals surface area contributed by atoms with Crippen molar-refractivity contribution >= 4 is 80.0 Å². The quantitative estimate of drug-likeness (QED) is 0.0986. The van der Waals surface area contributed by atoms with E-state index in [2.05, 4.69) is 15.3 Å². The monoisotopic (exact) mass is 880 g/mol. The molecule has 4 aromatic heterocycles. The number of hydrogen-bond donors (Lipinski definition) is 6. The van der Waals surface area contributed by atoms with E-state index in [4.69, 9.17) is 39.4 Å². The first-order chi connectivity index (χ1) is 28.3. The Morgan fingerprint density at radius 2 is 1.23 bits per heavy atom. The molecular weight excluding hydrogens is 857 g/mol. The van der Waals surface area contributed by atoms with Crippen LogP contribution in [0.1, 0.15) is 20.7 Å². The summed E-state index contributed by atoms with van der Waals surface area (Å²) in [6.45, 7) is -1.03. The van der Waals surface area contributed by atoms with Crippen molar-refractivity contribution in [1.29, 1.82) is 0 Å². The summed E-state index contributed by atoms with van der Waals surface area (Å²) in [5, 5.41) is 30.2. The summed E-state index contributed by atoms with van der Waals surface area (Å²) in [5.74, 6) is -14.0. The summed E-state index contributed by atoms with van der Waals surface area (Å²) >= 11 is 13.1. The van der Waals surface area contributed by atoms with Gasteiger partial charge in [0.25, 0.3) is 0 Å². The van der Waals surface area contributed by atoms with Gasteiger partial charge in [0, 0.05) is 44.2 Å². The van der Waals surface area contributed by atoms with Crippen LogP contribution in [0.15, 0.2) is 46.2 Å². The fraction of sp³-hybridized carbons (Fsp3) is 0.167. The van der Waals surface area contributed by atoms with Crippen LogP contribution in [0.2, 0.25) is 10.0 Å². The lowest BCUT2D eigenvalue weighted by molar-refractivity contribution is -0.0161. The third-order valence-corrected chi connectivity index (χ3v) is 10.1. The number of benzene rings is 2. The molecule has 0 aliphatic carbocycles. The van der Waals surface area contributed by atoms with Crippen molar-refractivity contribution < 1.29 is 56.0 Å². The van der Waals surface area contributed by atoms with Gasteiger partial charge in [0.1, 0.15) is 22.8 Å². The highest BCUT2D eigenvalue weighted by atomic mass is 35.5. The largest absolute Gasteiger partial charge is 0.477 e. The molecule has 1 aliphatic rings. The molecule has 1 aliphatic heterocycles. The van der Waals surface area contributed by atoms with E-state index in [1.165, 1.54) is 4.90 Å². The van der Waals surface area contributed by atoms with Crippen molar-refractivity contribution in [1.82, 2.24) is 19.1 Å². The Labute approximate surface area is 339 Å². The second-order valence-corrected chi connectivity index (χ2v) is 13.9. The fourth-order valence-electron chi connectivity index (χ4n) is 6.44. The second-order valence-electron chi connectivity index (χ2n) is 13.2. The number of nitrogens with two attached hydrogens (primary N) is 2. The highest BCUT2D eigenvalue weighted by Crippen LogP contribution is 2.39. The number of halogens is 8. The van der Waals surface area contributed by atoms with E-state index in [0.29, 0.717) is 41.2 Å². The van der Waals surface area contributed by atoms with Gasteiger partial charge in [-0.25, -0.2) is 45.9 Å². The van der Waals surface area contributed by atoms with Gasteiger partial charge >= 0.3 is 11.9 Å². The van der Waals surface area contributed by atoms with E-state index in [-0.39, 0.29) is 24.3 Å². The Balaban J connectivity index is 1.10. The predicted octanol–water partition coefficient (Wildman–Crippen LogP) is 4.47. The van der Waals surface area contributed by atoms with Crippen molar-refractivity contribution in [2.45, 2.75) is 12.2 Å². The van der Waals surface area contributed by atoms with Gasteiger partial charge in [0.2, 0.25) is 10.9 Å². The Kier molecular flexibility index (Phi) is 10.7. The van der Waals surface area contributed by atoms with E-state index >= 15 is 8.78 Å². The topological polar surface area (TPSA) is 241 Å². The number of nitrogen functional groups attached to an aromatic ring is 2. The van der Waals surface area contributed by atoms with Crippen LogP contribution in [-0.2, 0) is 4.74 Å². The molecule has 0 radical (unpaired) electrons. The number of aliphatic hydroxyl groups excluding tert-OH is 1. The first-order valence-corrected chi connectivity index (χ1v) is 17.7. The third-order valence-electron chi connectivity index (χ3n) is 9.33. The number of carboxylic acid groups (broad SMARTS) is 2. The average Bonchev–Trinajstić information content (AvgIpc) is 3.15. The lowest BCUT2D eigenvalue weighted by Gasteiger charge is -2.41. The van der Waals surface area contributed by atoms with Gasteiger partial charge in [0.05, 0.1) is 62.0 Å². The van der Waals surface area contributed by atoms with Gasteiger partial charge in [-0.2, -0.15) is 0 Å². The summed E-state index contributed by atoms with van der Waals surface area (Å²) in [4.78, 5) is 58.3. The summed E-state index contributed by atoms with van der Waals surface area (Å²) in [6.07, 6.45) is -0.757. The number of aliphatic hydroxyl groups is 1. The van der Waals surface area contributed by atoms with Gasteiger partial charge in [-0.1, -0.05) is 23.2 Å². The van der Waals surface area contributed by atoms with Crippen molar-refractivity contribution in [2.75, 3.05) is 47.9 Å². The zero-order valence-electron chi connectivity index (χ0n) is 29.7. The van der Waals surface area contributed by atoms with Gasteiger partial charge in [-0.3, -0.25) is 18.7 Å². The molecule has 0 bridgehead atoms. The summed E-state index contributed by atoms with van der Waals surface area (Å²) < 4.78 is 95.9. The van der Waals surface area contributed by atoms with Crippen LogP contribution in [0.25, 0.3) is 33.4 Å². The molecule has 1 saturated heterocycles. The molecule has 16 nitrogen and oxygen atoms in total. The molecule has 6 aromatic rings. The Morgan fingerprint density at radius 3 is 1.72 bits per heavy atom. The number of rotatable bonds is 11. The van der Waals surface area contributed by atoms with Crippen LogP contribution in [0, 0.1) is 34.9 Å². The molecule has 0 spiro atoms. The molecule has 1 atom stereocenters. The van der Waals surface area contributed by atoms with E-state index in [9.17, 15) is 52.1 Å². The number of nitrogens with zero attached hydrogens (tertiary/aromatic N) is 5. The van der Waals surface area contributed by atoms with Gasteiger partial charge < -0.3 is 41.7 Å². The molecule has 60 heavy (non-hydrogen) atoms. The molecule has 2 aromatic carbocycles. The highest BCUT2D eigenvalue weighted by Gasteiger charge is 2.34. The van der Waals surface area contributed by atoms with Crippen LogP contribution in [0.5, 0.6) is 0 Å². The van der Waals surface area contributed by atoms with Crippen molar-refractivity contribution in [3.05, 3.63) is 113 Å². The van der Waals surface area contributed by atoms with E-state index in [1.807, 2.05) is 0 Å². The number of carboxylic acids is 2. The number of fused-ring (bicyclic) bond motifs is 2. The Hall–Kier alpha value is -6.62. The SMILES string of the molecule is Nc1nc(-n2cc(C(=O)O)c(=O)c3cc(F)c(NC[C@H](O)COC4CN(c5c(F)cc6c(=O)c(C(=O)O)cn(-c7nc(N)c(F)cc7F)c6c5Cl)C4)c(Cl)c32)c(F)cc1F. The minimum atomic E-state index is -1.77. The Bertz CT molecular complexity index is 2960. The highest BCUT2D eigenvalue weighted by molar-refractivity contribution is 6.38. The van der Waals surface area contributed by atoms with Gasteiger partial charge in [-0.05, 0) is 12.1 Å². The third kappa shape index (κ3) is 7.12. The summed E-state index contributed by atoms with van der Waals surface area (Å²) in [5.41, 5.74) is 5.12. The number of carbonyl (C=O) groups is 2. The number of aromatic nitrogens is 4. The first-order valence-electron chi connectivity index (χ1n) is 16.9. The number of nitrogens with one attached hydrogen (secondary N) is 1. The van der Waals surface area contributed by atoms with Crippen LogP contribution in [0.3, 0.4) is 0 Å². The summed E-state index contributed by atoms with van der Waals surface area (Å²) in [6, 6.07) is 2.04. The number of pyridine rings is 4.